The highest BCUT2D eigenvalue weighted by Gasteiger charge is 2.47. The number of nitrogens with zero attached hydrogens (tertiary/aromatic N) is 1. The first kappa shape index (κ1) is 19.9. The van der Waals surface area contributed by atoms with Gasteiger partial charge in [0.1, 0.15) is 29.6 Å². The molecule has 2 aromatic carbocycles. The van der Waals surface area contributed by atoms with Crippen molar-refractivity contribution in [3.05, 3.63) is 81.6 Å². The zero-order valence-electron chi connectivity index (χ0n) is 15.5. The van der Waals surface area contributed by atoms with Gasteiger partial charge in [-0.2, -0.15) is 0 Å². The molecule has 2 aromatic rings. The number of benzene rings is 2. The molecule has 0 bridgehead atoms. The minimum absolute atomic E-state index is 0.100. The second-order valence-corrected chi connectivity index (χ2v) is 6.27. The number of nitro benzene ring substituents is 1. The van der Waals surface area contributed by atoms with Crippen LogP contribution in [0.2, 0.25) is 0 Å². The number of fused-ring (bicyclic) bond motifs is 1. The Hall–Kier alpha value is -3.81. The number of Topliss-reactive ketones (excluding diaryl/α,β-unsaturated/α-hetero) is 3. The molecule has 0 fully saturated rings. The lowest BCUT2D eigenvalue weighted by Crippen LogP contribution is -2.25. The highest BCUT2D eigenvalue weighted by atomic mass is 16.6. The van der Waals surface area contributed by atoms with Crippen LogP contribution in [0.1, 0.15) is 38.0 Å². The molecule has 0 saturated heterocycles. The predicted octanol–water partition coefficient (Wildman–Crippen LogP) is 3.40. The minimum Gasteiger partial charge on any atom is -0.495 e. The minimum atomic E-state index is -1.62. The molecule has 1 aliphatic carbocycles. The van der Waals surface area contributed by atoms with Crippen molar-refractivity contribution < 1.29 is 28.8 Å². The van der Waals surface area contributed by atoms with Gasteiger partial charge in [0.25, 0.3) is 5.69 Å². The molecule has 1 atom stereocenters. The topological polar surface area (TPSA) is 113 Å². The van der Waals surface area contributed by atoms with Gasteiger partial charge in [0, 0.05) is 17.2 Å². The summed E-state index contributed by atoms with van der Waals surface area (Å²) < 4.78 is 10.6. The van der Waals surface area contributed by atoms with Gasteiger partial charge in [-0.05, 0) is 31.2 Å². The molecule has 148 valence electrons. The van der Waals surface area contributed by atoms with Crippen LogP contribution in [-0.2, 0) is 4.74 Å². The molecular weight excluding hydrogens is 378 g/mol. The van der Waals surface area contributed by atoms with E-state index in [1.807, 2.05) is 6.92 Å². The molecule has 0 amide bonds. The Kier molecular flexibility index (Phi) is 5.54. The SMILES string of the molecule is C=C(COc1ccc(C(=O)C2C(=O)c3cccc([N+](=O)[O-])c3C2=O)cc1)OCC. The maximum Gasteiger partial charge on any atom is 0.280 e. The normalized spacial score (nSPS) is 15.0. The van der Waals surface area contributed by atoms with E-state index >= 15 is 0 Å². The van der Waals surface area contributed by atoms with E-state index in [2.05, 4.69) is 6.58 Å². The third-order valence-electron chi connectivity index (χ3n) is 4.42. The van der Waals surface area contributed by atoms with Crippen LogP contribution in [0, 0.1) is 16.0 Å². The zero-order chi connectivity index (χ0) is 21.1. The fourth-order valence-corrected chi connectivity index (χ4v) is 3.11. The van der Waals surface area contributed by atoms with Gasteiger partial charge in [-0.3, -0.25) is 24.5 Å². The molecule has 8 nitrogen and oxygen atoms in total. The zero-order valence-corrected chi connectivity index (χ0v) is 15.5. The number of ether oxygens (including phenoxy) is 2. The first-order valence-electron chi connectivity index (χ1n) is 8.78. The van der Waals surface area contributed by atoms with E-state index in [-0.39, 0.29) is 23.3 Å². The molecule has 1 unspecified atom stereocenters. The van der Waals surface area contributed by atoms with E-state index in [1.54, 1.807) is 0 Å². The van der Waals surface area contributed by atoms with E-state index in [9.17, 15) is 24.5 Å². The van der Waals surface area contributed by atoms with Crippen molar-refractivity contribution in [3.8, 4) is 5.75 Å². The van der Waals surface area contributed by atoms with Crippen LogP contribution in [0.15, 0.2) is 54.8 Å². The van der Waals surface area contributed by atoms with Crippen LogP contribution in [-0.4, -0.2) is 35.5 Å². The highest BCUT2D eigenvalue weighted by molar-refractivity contribution is 6.38. The van der Waals surface area contributed by atoms with Crippen molar-refractivity contribution in [3.63, 3.8) is 0 Å². The summed E-state index contributed by atoms with van der Waals surface area (Å²) in [7, 11) is 0. The molecule has 0 radical (unpaired) electrons. The van der Waals surface area contributed by atoms with Crippen molar-refractivity contribution in [1.29, 1.82) is 0 Å². The van der Waals surface area contributed by atoms with Crippen molar-refractivity contribution in [1.82, 2.24) is 0 Å². The van der Waals surface area contributed by atoms with Crippen LogP contribution < -0.4 is 4.74 Å². The van der Waals surface area contributed by atoms with E-state index < -0.39 is 33.9 Å². The van der Waals surface area contributed by atoms with E-state index in [0.717, 1.165) is 6.07 Å². The average molecular weight is 395 g/mol. The van der Waals surface area contributed by atoms with E-state index in [4.69, 9.17) is 9.47 Å². The molecule has 3 rings (SSSR count). The molecular formula is C21H17NO7. The number of ketones is 3. The summed E-state index contributed by atoms with van der Waals surface area (Å²) in [6, 6.07) is 9.67. The Labute approximate surface area is 165 Å². The predicted molar refractivity (Wildman–Crippen MR) is 102 cm³/mol. The maximum atomic E-state index is 12.8. The highest BCUT2D eigenvalue weighted by Crippen LogP contribution is 2.35. The summed E-state index contributed by atoms with van der Waals surface area (Å²) in [4.78, 5) is 48.5. The molecule has 0 N–H and O–H groups in total. The van der Waals surface area contributed by atoms with Crippen molar-refractivity contribution >= 4 is 23.0 Å². The van der Waals surface area contributed by atoms with Crippen LogP contribution in [0.4, 0.5) is 5.69 Å². The third-order valence-corrected chi connectivity index (χ3v) is 4.42. The molecule has 0 spiro atoms. The summed E-state index contributed by atoms with van der Waals surface area (Å²) in [5.74, 6) is -3.01. The van der Waals surface area contributed by atoms with Gasteiger partial charge in [-0.25, -0.2) is 0 Å². The molecule has 0 aromatic heterocycles. The Morgan fingerprint density at radius 1 is 1.14 bits per heavy atom. The smallest absolute Gasteiger partial charge is 0.280 e. The Morgan fingerprint density at radius 3 is 2.45 bits per heavy atom. The van der Waals surface area contributed by atoms with Gasteiger partial charge in [-0.15, -0.1) is 0 Å². The van der Waals surface area contributed by atoms with Crippen LogP contribution in [0.3, 0.4) is 0 Å². The van der Waals surface area contributed by atoms with Gasteiger partial charge in [0.05, 0.1) is 11.5 Å². The summed E-state index contributed by atoms with van der Waals surface area (Å²) in [6.07, 6.45) is 0. The van der Waals surface area contributed by atoms with Crippen LogP contribution in [0.5, 0.6) is 5.75 Å². The second-order valence-electron chi connectivity index (χ2n) is 6.27. The first-order valence-corrected chi connectivity index (χ1v) is 8.78. The summed E-state index contributed by atoms with van der Waals surface area (Å²) in [6.45, 7) is 6.12. The first-order chi connectivity index (χ1) is 13.8. The number of nitro groups is 1. The fraction of sp³-hybridized carbons (Fsp3) is 0.190. The summed E-state index contributed by atoms with van der Waals surface area (Å²) >= 11 is 0. The molecule has 0 aliphatic heterocycles. The standard InChI is InChI=1S/C21H17NO7/c1-3-28-12(2)11-29-14-9-7-13(8-10-14)19(23)18-20(24)15-5-4-6-16(22(26)27)17(15)21(18)25/h4-10,18H,2-3,11H2,1H3. The van der Waals surface area contributed by atoms with Crippen LogP contribution >= 0.6 is 0 Å². The molecule has 8 heteroatoms. The van der Waals surface area contributed by atoms with Crippen molar-refractivity contribution in [2.75, 3.05) is 13.2 Å². The number of rotatable bonds is 8. The average Bonchev–Trinajstić information content (AvgIpc) is 2.97. The number of hydrogen-bond donors (Lipinski definition) is 0. The largest absolute Gasteiger partial charge is 0.495 e. The summed E-state index contributed by atoms with van der Waals surface area (Å²) in [5, 5.41) is 11.2. The van der Waals surface area contributed by atoms with E-state index in [1.165, 1.54) is 36.4 Å². The number of hydrogen-bond acceptors (Lipinski definition) is 7. The van der Waals surface area contributed by atoms with Crippen molar-refractivity contribution in [2.45, 2.75) is 6.92 Å². The molecule has 29 heavy (non-hydrogen) atoms. The fourth-order valence-electron chi connectivity index (χ4n) is 3.11. The van der Waals surface area contributed by atoms with Gasteiger partial charge in [-0.1, -0.05) is 18.7 Å². The van der Waals surface area contributed by atoms with Crippen molar-refractivity contribution in [2.24, 2.45) is 5.92 Å². The van der Waals surface area contributed by atoms with Crippen LogP contribution in [0.25, 0.3) is 0 Å². The molecule has 0 heterocycles. The number of carbonyl (C=O) groups is 3. The molecule has 0 saturated carbocycles. The Morgan fingerprint density at radius 2 is 1.83 bits per heavy atom. The summed E-state index contributed by atoms with van der Waals surface area (Å²) in [5.41, 5.74) is -0.759. The second kappa shape index (κ2) is 8.05. The van der Waals surface area contributed by atoms with Gasteiger partial charge < -0.3 is 9.47 Å². The van der Waals surface area contributed by atoms with Gasteiger partial charge >= 0.3 is 0 Å². The lowest BCUT2D eigenvalue weighted by molar-refractivity contribution is -0.385. The van der Waals surface area contributed by atoms with Gasteiger partial charge in [0.2, 0.25) is 0 Å². The lowest BCUT2D eigenvalue weighted by atomic mass is 9.93. The number of carbonyl (C=O) groups excluding carboxylic acids is 3. The van der Waals surface area contributed by atoms with Gasteiger partial charge in [0.15, 0.2) is 17.3 Å². The van der Waals surface area contributed by atoms with E-state index in [0.29, 0.717) is 18.1 Å². The molecule has 1 aliphatic rings. The monoisotopic (exact) mass is 395 g/mol. The maximum absolute atomic E-state index is 12.8. The quantitative estimate of drug-likeness (QED) is 0.221. The third kappa shape index (κ3) is 3.77. The Bertz CT molecular complexity index is 1020. The Balaban J connectivity index is 1.80. The lowest BCUT2D eigenvalue weighted by Gasteiger charge is -2.10.